The van der Waals surface area contributed by atoms with Crippen LogP contribution in [0.3, 0.4) is 0 Å². The van der Waals surface area contributed by atoms with Crippen molar-refractivity contribution in [2.45, 2.75) is 6.36 Å². The van der Waals surface area contributed by atoms with Crippen molar-refractivity contribution in [2.75, 3.05) is 0 Å². The Labute approximate surface area is 103 Å². The number of nitrogens with one attached hydrogen (secondary N) is 1. The molecule has 0 spiro atoms. The summed E-state index contributed by atoms with van der Waals surface area (Å²) in [5.41, 5.74) is 4.05. The number of pyridine rings is 1. The summed E-state index contributed by atoms with van der Waals surface area (Å²) in [6.45, 7) is 0. The highest BCUT2D eigenvalue weighted by Crippen LogP contribution is 2.25. The molecule has 100 valence electrons. The SMILES string of the molecule is NC(=O)c1cc2ccc(OC(F)(F)F)cc2[nH]c1=O. The first-order valence-corrected chi connectivity index (χ1v) is 4.99. The number of H-pyrrole nitrogens is 1. The number of benzene rings is 1. The molecule has 0 aliphatic rings. The van der Waals surface area contributed by atoms with Crippen LogP contribution < -0.4 is 16.0 Å². The van der Waals surface area contributed by atoms with E-state index in [4.69, 9.17) is 5.73 Å². The number of amides is 1. The lowest BCUT2D eigenvalue weighted by atomic mass is 10.1. The van der Waals surface area contributed by atoms with Gasteiger partial charge in [0.15, 0.2) is 0 Å². The second-order valence-corrected chi connectivity index (χ2v) is 3.67. The molecule has 0 radical (unpaired) electrons. The molecule has 0 bridgehead atoms. The van der Waals surface area contributed by atoms with Crippen LogP contribution in [0.25, 0.3) is 10.9 Å². The highest BCUT2D eigenvalue weighted by Gasteiger charge is 2.31. The van der Waals surface area contributed by atoms with Crippen LogP contribution in [0.5, 0.6) is 5.75 Å². The van der Waals surface area contributed by atoms with Crippen LogP contribution in [0.4, 0.5) is 13.2 Å². The fraction of sp³-hybridized carbons (Fsp3) is 0.0909. The van der Waals surface area contributed by atoms with E-state index in [1.165, 1.54) is 12.1 Å². The third kappa shape index (κ3) is 2.84. The molecule has 1 heterocycles. The molecule has 0 unspecified atom stereocenters. The number of carbonyl (C=O) groups is 1. The molecule has 1 aromatic carbocycles. The Bertz CT molecular complexity index is 706. The number of primary amides is 1. The van der Waals surface area contributed by atoms with Crippen LogP contribution in [0.1, 0.15) is 10.4 Å². The third-order valence-corrected chi connectivity index (χ3v) is 2.32. The number of ether oxygens (including phenoxy) is 1. The lowest BCUT2D eigenvalue weighted by molar-refractivity contribution is -0.274. The van der Waals surface area contributed by atoms with Crippen molar-refractivity contribution in [3.05, 3.63) is 40.2 Å². The lowest BCUT2D eigenvalue weighted by Gasteiger charge is -2.09. The molecule has 0 aliphatic heterocycles. The maximum atomic E-state index is 12.0. The minimum atomic E-state index is -4.82. The Balaban J connectivity index is 2.53. The van der Waals surface area contributed by atoms with Gasteiger partial charge >= 0.3 is 6.36 Å². The molecule has 19 heavy (non-hydrogen) atoms. The average Bonchev–Trinajstić information content (AvgIpc) is 2.25. The summed E-state index contributed by atoms with van der Waals surface area (Å²) < 4.78 is 39.8. The first-order chi connectivity index (χ1) is 8.76. The highest BCUT2D eigenvalue weighted by molar-refractivity contribution is 5.96. The summed E-state index contributed by atoms with van der Waals surface area (Å²) in [6.07, 6.45) is -4.82. The van der Waals surface area contributed by atoms with Crippen LogP contribution in [0.2, 0.25) is 0 Å². The van der Waals surface area contributed by atoms with Crippen LogP contribution in [0.15, 0.2) is 29.1 Å². The van der Waals surface area contributed by atoms with Gasteiger partial charge in [-0.25, -0.2) is 0 Å². The Hall–Kier alpha value is -2.51. The second kappa shape index (κ2) is 4.30. The minimum Gasteiger partial charge on any atom is -0.406 e. The maximum absolute atomic E-state index is 12.0. The van der Waals surface area contributed by atoms with E-state index >= 15 is 0 Å². The van der Waals surface area contributed by atoms with Crippen molar-refractivity contribution in [1.29, 1.82) is 0 Å². The van der Waals surface area contributed by atoms with Crippen molar-refractivity contribution in [1.82, 2.24) is 4.98 Å². The molecule has 3 N–H and O–H groups in total. The lowest BCUT2D eigenvalue weighted by Crippen LogP contribution is -2.23. The fourth-order valence-electron chi connectivity index (χ4n) is 1.56. The molecule has 0 fully saturated rings. The van der Waals surface area contributed by atoms with Crippen molar-refractivity contribution in [3.8, 4) is 5.75 Å². The summed E-state index contributed by atoms with van der Waals surface area (Å²) in [4.78, 5) is 24.7. The zero-order valence-electron chi connectivity index (χ0n) is 9.25. The van der Waals surface area contributed by atoms with Crippen LogP contribution in [0, 0.1) is 0 Å². The van der Waals surface area contributed by atoms with Crippen LogP contribution in [-0.2, 0) is 0 Å². The van der Waals surface area contributed by atoms with E-state index in [1.54, 1.807) is 0 Å². The van der Waals surface area contributed by atoms with E-state index in [0.29, 0.717) is 5.39 Å². The average molecular weight is 272 g/mol. The first kappa shape index (κ1) is 12.9. The van der Waals surface area contributed by atoms with Crippen molar-refractivity contribution in [2.24, 2.45) is 5.73 Å². The van der Waals surface area contributed by atoms with Gasteiger partial charge in [0.25, 0.3) is 11.5 Å². The number of aromatic amines is 1. The summed E-state index contributed by atoms with van der Waals surface area (Å²) >= 11 is 0. The van der Waals surface area contributed by atoms with Gasteiger partial charge in [0.2, 0.25) is 0 Å². The topological polar surface area (TPSA) is 85.2 Å². The molecule has 2 rings (SSSR count). The number of alkyl halides is 3. The molecule has 0 atom stereocenters. The first-order valence-electron chi connectivity index (χ1n) is 4.99. The standard InChI is InChI=1S/C11H7F3N2O3/c12-11(13,14)19-6-2-1-5-3-7(9(15)17)10(18)16-8(5)4-6/h1-4H,(H2,15,17)(H,16,18). The Morgan fingerprint density at radius 3 is 2.53 bits per heavy atom. The third-order valence-electron chi connectivity index (χ3n) is 2.32. The van der Waals surface area contributed by atoms with E-state index < -0.39 is 23.6 Å². The predicted molar refractivity (Wildman–Crippen MR) is 59.8 cm³/mol. The van der Waals surface area contributed by atoms with Gasteiger partial charge in [-0.1, -0.05) is 0 Å². The normalized spacial score (nSPS) is 11.5. The summed E-state index contributed by atoms with van der Waals surface area (Å²) in [7, 11) is 0. The van der Waals surface area contributed by atoms with Gasteiger partial charge in [0.1, 0.15) is 11.3 Å². The Morgan fingerprint density at radius 1 is 1.26 bits per heavy atom. The smallest absolute Gasteiger partial charge is 0.406 e. The van der Waals surface area contributed by atoms with E-state index in [2.05, 4.69) is 9.72 Å². The number of nitrogens with two attached hydrogens (primary N) is 1. The van der Waals surface area contributed by atoms with Crippen molar-refractivity contribution >= 4 is 16.8 Å². The summed E-state index contributed by atoms with van der Waals surface area (Å²) in [5, 5.41) is 0.364. The van der Waals surface area contributed by atoms with Crippen molar-refractivity contribution < 1.29 is 22.7 Å². The molecule has 8 heteroatoms. The summed E-state index contributed by atoms with van der Waals surface area (Å²) in [5.74, 6) is -1.39. The molecule has 0 aliphatic carbocycles. The van der Waals surface area contributed by atoms with E-state index in [9.17, 15) is 22.8 Å². The number of hydrogen-bond acceptors (Lipinski definition) is 3. The maximum Gasteiger partial charge on any atom is 0.573 e. The largest absolute Gasteiger partial charge is 0.573 e. The number of fused-ring (bicyclic) bond motifs is 1. The molecule has 0 saturated heterocycles. The van der Waals surface area contributed by atoms with Gasteiger partial charge in [0, 0.05) is 6.07 Å². The van der Waals surface area contributed by atoms with Crippen LogP contribution >= 0.6 is 0 Å². The molecule has 1 aromatic heterocycles. The molecular weight excluding hydrogens is 265 g/mol. The van der Waals surface area contributed by atoms with Gasteiger partial charge < -0.3 is 15.5 Å². The number of rotatable bonds is 2. The van der Waals surface area contributed by atoms with Gasteiger partial charge in [-0.3, -0.25) is 9.59 Å². The molecule has 1 amide bonds. The monoisotopic (exact) mass is 272 g/mol. The zero-order chi connectivity index (χ0) is 14.2. The van der Waals surface area contributed by atoms with Gasteiger partial charge in [-0.15, -0.1) is 13.2 Å². The van der Waals surface area contributed by atoms with E-state index in [1.807, 2.05) is 0 Å². The van der Waals surface area contributed by atoms with Gasteiger partial charge in [-0.2, -0.15) is 0 Å². The molecule has 2 aromatic rings. The van der Waals surface area contributed by atoms with Crippen molar-refractivity contribution in [3.63, 3.8) is 0 Å². The number of carbonyl (C=O) groups excluding carboxylic acids is 1. The minimum absolute atomic E-state index is 0.108. The Kier molecular flexibility index (Phi) is 2.93. The number of aromatic nitrogens is 1. The van der Waals surface area contributed by atoms with Crippen LogP contribution in [-0.4, -0.2) is 17.3 Å². The fourth-order valence-corrected chi connectivity index (χ4v) is 1.56. The van der Waals surface area contributed by atoms with E-state index in [0.717, 1.165) is 12.1 Å². The quantitative estimate of drug-likeness (QED) is 0.869. The molecule has 0 saturated carbocycles. The van der Waals surface area contributed by atoms with Gasteiger partial charge in [0.05, 0.1) is 5.52 Å². The zero-order valence-corrected chi connectivity index (χ0v) is 9.25. The predicted octanol–water partition coefficient (Wildman–Crippen LogP) is 1.53. The molecular formula is C11H7F3N2O3. The molecule has 5 nitrogen and oxygen atoms in total. The van der Waals surface area contributed by atoms with E-state index in [-0.39, 0.29) is 11.1 Å². The Morgan fingerprint density at radius 2 is 1.95 bits per heavy atom. The number of halogens is 3. The summed E-state index contributed by atoms with van der Waals surface area (Å²) in [6, 6.07) is 4.56. The second-order valence-electron chi connectivity index (χ2n) is 3.67. The number of hydrogen-bond donors (Lipinski definition) is 2. The highest BCUT2D eigenvalue weighted by atomic mass is 19.4. The van der Waals surface area contributed by atoms with Gasteiger partial charge in [-0.05, 0) is 23.6 Å².